The standard InChI is InChI=1S/C13H9Cl3N2O/c14-9-5-4-7(17)6-8(9)13(19)18-12-10(15)2-1-3-11(12)16/h1-6H,17H2,(H,18,19). The predicted octanol–water partition coefficient (Wildman–Crippen LogP) is 4.48. The van der Waals surface area contributed by atoms with E-state index < -0.39 is 5.91 Å². The summed E-state index contributed by atoms with van der Waals surface area (Å²) in [5, 5.41) is 3.62. The van der Waals surface area contributed by atoms with Crippen molar-refractivity contribution in [1.29, 1.82) is 0 Å². The highest BCUT2D eigenvalue weighted by atomic mass is 35.5. The summed E-state index contributed by atoms with van der Waals surface area (Å²) in [5.74, 6) is -0.424. The van der Waals surface area contributed by atoms with E-state index in [9.17, 15) is 4.79 Å². The highest BCUT2D eigenvalue weighted by Crippen LogP contribution is 2.31. The smallest absolute Gasteiger partial charge is 0.257 e. The maximum atomic E-state index is 12.1. The zero-order valence-electron chi connectivity index (χ0n) is 9.58. The molecule has 0 aromatic heterocycles. The monoisotopic (exact) mass is 314 g/mol. The topological polar surface area (TPSA) is 55.1 Å². The number of carbonyl (C=O) groups is 1. The lowest BCUT2D eigenvalue weighted by atomic mass is 10.2. The third-order valence-corrected chi connectivity index (χ3v) is 3.40. The second-order valence-electron chi connectivity index (χ2n) is 3.79. The summed E-state index contributed by atoms with van der Waals surface area (Å²) in [6.07, 6.45) is 0. The zero-order chi connectivity index (χ0) is 14.0. The van der Waals surface area contributed by atoms with E-state index in [0.29, 0.717) is 26.4 Å². The third-order valence-electron chi connectivity index (χ3n) is 2.44. The van der Waals surface area contributed by atoms with Crippen molar-refractivity contribution in [1.82, 2.24) is 0 Å². The van der Waals surface area contributed by atoms with E-state index in [0.717, 1.165) is 0 Å². The van der Waals surface area contributed by atoms with Crippen molar-refractivity contribution < 1.29 is 4.79 Å². The number of hydrogen-bond donors (Lipinski definition) is 2. The molecule has 1 amide bonds. The first-order valence-electron chi connectivity index (χ1n) is 5.29. The molecule has 0 aliphatic rings. The van der Waals surface area contributed by atoms with E-state index in [4.69, 9.17) is 40.5 Å². The summed E-state index contributed by atoms with van der Waals surface area (Å²) in [6, 6.07) is 9.60. The maximum Gasteiger partial charge on any atom is 0.257 e. The van der Waals surface area contributed by atoms with E-state index >= 15 is 0 Å². The van der Waals surface area contributed by atoms with Gasteiger partial charge < -0.3 is 11.1 Å². The van der Waals surface area contributed by atoms with Gasteiger partial charge in [0.25, 0.3) is 5.91 Å². The number of para-hydroxylation sites is 1. The first-order chi connectivity index (χ1) is 8.99. The van der Waals surface area contributed by atoms with Crippen molar-refractivity contribution in [2.24, 2.45) is 0 Å². The molecule has 2 aromatic carbocycles. The molecule has 3 nitrogen and oxygen atoms in total. The molecule has 2 aromatic rings. The van der Waals surface area contributed by atoms with Crippen LogP contribution in [0.5, 0.6) is 0 Å². The molecule has 0 aliphatic carbocycles. The van der Waals surface area contributed by atoms with Gasteiger partial charge in [0.05, 0.1) is 26.3 Å². The average Bonchev–Trinajstić information content (AvgIpc) is 2.37. The summed E-state index contributed by atoms with van der Waals surface area (Å²) in [7, 11) is 0. The Bertz CT molecular complexity index is 624. The van der Waals surface area contributed by atoms with Gasteiger partial charge in [-0.25, -0.2) is 0 Å². The Kier molecular flexibility index (Phi) is 4.20. The number of nitrogen functional groups attached to an aromatic ring is 1. The summed E-state index contributed by atoms with van der Waals surface area (Å²) in [6.45, 7) is 0. The number of anilines is 2. The SMILES string of the molecule is Nc1ccc(Cl)c(C(=O)Nc2c(Cl)cccc2Cl)c1. The fraction of sp³-hybridized carbons (Fsp3) is 0. The van der Waals surface area contributed by atoms with E-state index in [1.807, 2.05) is 0 Å². The van der Waals surface area contributed by atoms with Gasteiger partial charge in [-0.15, -0.1) is 0 Å². The van der Waals surface area contributed by atoms with Gasteiger partial charge in [-0.1, -0.05) is 40.9 Å². The van der Waals surface area contributed by atoms with Crippen molar-refractivity contribution >= 4 is 52.1 Å². The minimum atomic E-state index is -0.424. The van der Waals surface area contributed by atoms with Gasteiger partial charge in [-0.3, -0.25) is 4.79 Å². The minimum absolute atomic E-state index is 0.262. The molecule has 3 N–H and O–H groups in total. The lowest BCUT2D eigenvalue weighted by molar-refractivity contribution is 0.102. The van der Waals surface area contributed by atoms with Gasteiger partial charge in [0.15, 0.2) is 0 Å². The van der Waals surface area contributed by atoms with Crippen LogP contribution in [0.15, 0.2) is 36.4 Å². The first-order valence-corrected chi connectivity index (χ1v) is 6.43. The zero-order valence-corrected chi connectivity index (χ0v) is 11.9. The lowest BCUT2D eigenvalue weighted by Gasteiger charge is -2.10. The van der Waals surface area contributed by atoms with Gasteiger partial charge in [-0.05, 0) is 30.3 Å². The Hall–Kier alpha value is -1.42. The fourth-order valence-corrected chi connectivity index (χ4v) is 2.21. The van der Waals surface area contributed by atoms with Crippen molar-refractivity contribution in [3.05, 3.63) is 57.0 Å². The number of carbonyl (C=O) groups excluding carboxylic acids is 1. The number of benzene rings is 2. The van der Waals surface area contributed by atoms with E-state index in [-0.39, 0.29) is 5.56 Å². The number of amides is 1. The molecule has 6 heteroatoms. The molecular formula is C13H9Cl3N2O. The van der Waals surface area contributed by atoms with Crippen LogP contribution in [0.4, 0.5) is 11.4 Å². The maximum absolute atomic E-state index is 12.1. The van der Waals surface area contributed by atoms with Crippen LogP contribution < -0.4 is 11.1 Å². The molecular weight excluding hydrogens is 307 g/mol. The number of hydrogen-bond acceptors (Lipinski definition) is 2. The Balaban J connectivity index is 2.34. The normalized spacial score (nSPS) is 10.3. The summed E-state index contributed by atoms with van der Waals surface area (Å²) in [4.78, 5) is 12.1. The van der Waals surface area contributed by atoms with Crippen LogP contribution in [0.2, 0.25) is 15.1 Å². The van der Waals surface area contributed by atoms with Gasteiger partial charge >= 0.3 is 0 Å². The lowest BCUT2D eigenvalue weighted by Crippen LogP contribution is -2.13. The van der Waals surface area contributed by atoms with E-state index in [1.54, 1.807) is 30.3 Å². The summed E-state index contributed by atoms with van der Waals surface area (Å²) in [5.41, 5.74) is 6.68. The molecule has 0 atom stereocenters. The van der Waals surface area contributed by atoms with Crippen LogP contribution in [0.25, 0.3) is 0 Å². The van der Waals surface area contributed by atoms with Gasteiger partial charge in [-0.2, -0.15) is 0 Å². The summed E-state index contributed by atoms with van der Waals surface area (Å²) >= 11 is 17.9. The Morgan fingerprint density at radius 3 is 2.26 bits per heavy atom. The van der Waals surface area contributed by atoms with Crippen molar-refractivity contribution in [3.63, 3.8) is 0 Å². The molecule has 19 heavy (non-hydrogen) atoms. The van der Waals surface area contributed by atoms with Gasteiger partial charge in [0, 0.05) is 5.69 Å². The third kappa shape index (κ3) is 3.13. The van der Waals surface area contributed by atoms with Gasteiger partial charge in [0.1, 0.15) is 0 Å². The quantitative estimate of drug-likeness (QED) is 0.803. The molecule has 0 aliphatic heterocycles. The van der Waals surface area contributed by atoms with Gasteiger partial charge in [0.2, 0.25) is 0 Å². The fourth-order valence-electron chi connectivity index (χ4n) is 1.51. The molecule has 2 rings (SSSR count). The summed E-state index contributed by atoms with van der Waals surface area (Å²) < 4.78 is 0. The predicted molar refractivity (Wildman–Crippen MR) is 80.3 cm³/mol. The minimum Gasteiger partial charge on any atom is -0.399 e. The molecule has 98 valence electrons. The molecule has 0 spiro atoms. The molecule has 0 bridgehead atoms. The van der Waals surface area contributed by atoms with Crippen LogP contribution in [0.3, 0.4) is 0 Å². The highest BCUT2D eigenvalue weighted by Gasteiger charge is 2.14. The van der Waals surface area contributed by atoms with Crippen molar-refractivity contribution in [2.45, 2.75) is 0 Å². The Morgan fingerprint density at radius 1 is 1.00 bits per heavy atom. The molecule has 0 saturated carbocycles. The van der Waals surface area contributed by atoms with Crippen LogP contribution in [0.1, 0.15) is 10.4 Å². The number of nitrogens with one attached hydrogen (secondary N) is 1. The molecule has 0 fully saturated rings. The number of nitrogens with two attached hydrogens (primary N) is 1. The van der Waals surface area contributed by atoms with Crippen LogP contribution in [-0.4, -0.2) is 5.91 Å². The second kappa shape index (κ2) is 5.70. The Labute approximate surface area is 125 Å². The number of rotatable bonds is 2. The second-order valence-corrected chi connectivity index (χ2v) is 5.01. The Morgan fingerprint density at radius 2 is 1.63 bits per heavy atom. The largest absolute Gasteiger partial charge is 0.399 e. The molecule has 0 radical (unpaired) electrons. The van der Waals surface area contributed by atoms with Crippen LogP contribution in [-0.2, 0) is 0 Å². The van der Waals surface area contributed by atoms with E-state index in [1.165, 1.54) is 6.07 Å². The van der Waals surface area contributed by atoms with Crippen LogP contribution >= 0.6 is 34.8 Å². The van der Waals surface area contributed by atoms with Crippen molar-refractivity contribution in [2.75, 3.05) is 11.1 Å². The average molecular weight is 316 g/mol. The molecule has 0 saturated heterocycles. The molecule has 0 heterocycles. The van der Waals surface area contributed by atoms with E-state index in [2.05, 4.69) is 5.32 Å². The number of halogens is 3. The van der Waals surface area contributed by atoms with Crippen LogP contribution in [0, 0.1) is 0 Å². The van der Waals surface area contributed by atoms with Crippen molar-refractivity contribution in [3.8, 4) is 0 Å². The first kappa shape index (κ1) is 14.0. The molecule has 0 unspecified atom stereocenters. The highest BCUT2D eigenvalue weighted by molar-refractivity contribution is 6.40.